The Morgan fingerprint density at radius 3 is 2.12 bits per heavy atom. The summed E-state index contributed by atoms with van der Waals surface area (Å²) in [6.45, 7) is 2.42. The summed E-state index contributed by atoms with van der Waals surface area (Å²) in [5, 5.41) is 11.2. The first-order valence-corrected chi connectivity index (χ1v) is 8.79. The molecule has 0 spiro atoms. The molecule has 0 radical (unpaired) electrons. The van der Waals surface area contributed by atoms with E-state index in [4.69, 9.17) is 9.47 Å². The van der Waals surface area contributed by atoms with Gasteiger partial charge in [-0.05, 0) is 61.7 Å². The zero-order valence-electron chi connectivity index (χ0n) is 15.4. The van der Waals surface area contributed by atoms with Crippen LogP contribution in [0.3, 0.4) is 0 Å². The third-order valence-electron chi connectivity index (χ3n) is 5.17. The number of hydrogen-bond acceptors (Lipinski definition) is 4. The average Bonchev–Trinajstić information content (AvgIpc) is 3.18. The van der Waals surface area contributed by atoms with E-state index in [9.17, 15) is 9.90 Å². The SMILES string of the molecule is COc1ccc(C(=O)N2CCC[C@@H]2[C@](C)(O)c2ccc(OC)cc2)cc1. The number of rotatable bonds is 5. The summed E-state index contributed by atoms with van der Waals surface area (Å²) in [4.78, 5) is 14.8. The summed E-state index contributed by atoms with van der Waals surface area (Å²) in [5.41, 5.74) is 0.242. The Balaban J connectivity index is 1.84. The zero-order chi connectivity index (χ0) is 18.7. The van der Waals surface area contributed by atoms with Crippen molar-refractivity contribution in [2.24, 2.45) is 0 Å². The van der Waals surface area contributed by atoms with E-state index >= 15 is 0 Å². The van der Waals surface area contributed by atoms with Crippen LogP contribution in [0.5, 0.6) is 11.5 Å². The third-order valence-corrected chi connectivity index (χ3v) is 5.17. The fourth-order valence-corrected chi connectivity index (χ4v) is 3.61. The standard InChI is InChI=1S/C21H25NO4/c1-21(24,16-8-12-18(26-3)13-9-16)19-5-4-14-22(19)20(23)15-6-10-17(25-2)11-7-15/h6-13,19,24H,4-5,14H2,1-3H3/t19-,21-/m1/s1. The van der Waals surface area contributed by atoms with Gasteiger partial charge in [-0.25, -0.2) is 0 Å². The van der Waals surface area contributed by atoms with E-state index in [1.54, 1.807) is 50.3 Å². The van der Waals surface area contributed by atoms with Gasteiger partial charge in [0.15, 0.2) is 0 Å². The number of ether oxygens (including phenoxy) is 2. The number of benzene rings is 2. The molecule has 138 valence electrons. The highest BCUT2D eigenvalue weighted by molar-refractivity contribution is 5.94. The van der Waals surface area contributed by atoms with Gasteiger partial charge in [0.25, 0.3) is 5.91 Å². The van der Waals surface area contributed by atoms with E-state index in [1.807, 2.05) is 24.3 Å². The number of amides is 1. The molecule has 1 saturated heterocycles. The minimum atomic E-state index is -1.13. The second-order valence-electron chi connectivity index (χ2n) is 6.76. The maximum atomic E-state index is 13.0. The summed E-state index contributed by atoms with van der Waals surface area (Å²) in [5.74, 6) is 1.39. The molecule has 2 atom stereocenters. The molecule has 1 aliphatic heterocycles. The number of carbonyl (C=O) groups is 1. The van der Waals surface area contributed by atoms with Crippen LogP contribution >= 0.6 is 0 Å². The van der Waals surface area contributed by atoms with E-state index in [-0.39, 0.29) is 11.9 Å². The van der Waals surface area contributed by atoms with Crippen molar-refractivity contribution in [3.8, 4) is 11.5 Å². The normalized spacial score (nSPS) is 19.1. The van der Waals surface area contributed by atoms with Crippen molar-refractivity contribution in [1.82, 2.24) is 4.90 Å². The molecular weight excluding hydrogens is 330 g/mol. The Labute approximate surface area is 154 Å². The van der Waals surface area contributed by atoms with Crippen molar-refractivity contribution < 1.29 is 19.4 Å². The van der Waals surface area contributed by atoms with Crippen LogP contribution in [0.15, 0.2) is 48.5 Å². The average molecular weight is 355 g/mol. The predicted octanol–water partition coefficient (Wildman–Crippen LogP) is 3.22. The van der Waals surface area contributed by atoms with Crippen molar-refractivity contribution in [3.05, 3.63) is 59.7 Å². The molecule has 5 nitrogen and oxygen atoms in total. The molecular formula is C21H25NO4. The lowest BCUT2D eigenvalue weighted by Gasteiger charge is -2.37. The highest BCUT2D eigenvalue weighted by Gasteiger charge is 2.42. The summed E-state index contributed by atoms with van der Waals surface area (Å²) in [6.07, 6.45) is 1.64. The predicted molar refractivity (Wildman–Crippen MR) is 99.6 cm³/mol. The molecule has 1 aliphatic rings. The van der Waals surface area contributed by atoms with Crippen molar-refractivity contribution in [2.75, 3.05) is 20.8 Å². The Bertz CT molecular complexity index is 753. The molecule has 1 amide bonds. The number of nitrogens with zero attached hydrogens (tertiary/aromatic N) is 1. The highest BCUT2D eigenvalue weighted by atomic mass is 16.5. The number of aliphatic hydroxyl groups is 1. The van der Waals surface area contributed by atoms with Gasteiger partial charge in [0, 0.05) is 12.1 Å². The smallest absolute Gasteiger partial charge is 0.254 e. The fourth-order valence-electron chi connectivity index (χ4n) is 3.61. The summed E-state index contributed by atoms with van der Waals surface area (Å²) >= 11 is 0. The van der Waals surface area contributed by atoms with E-state index < -0.39 is 5.60 Å². The Kier molecular flexibility index (Phi) is 5.18. The second-order valence-corrected chi connectivity index (χ2v) is 6.76. The van der Waals surface area contributed by atoms with Crippen LogP contribution in [0.1, 0.15) is 35.7 Å². The van der Waals surface area contributed by atoms with Gasteiger partial charge < -0.3 is 19.5 Å². The molecule has 0 aromatic heterocycles. The first-order valence-electron chi connectivity index (χ1n) is 8.79. The summed E-state index contributed by atoms with van der Waals surface area (Å²) in [6, 6.07) is 14.2. The lowest BCUT2D eigenvalue weighted by atomic mass is 9.86. The van der Waals surface area contributed by atoms with E-state index in [2.05, 4.69) is 0 Å². The maximum absolute atomic E-state index is 13.0. The number of likely N-dealkylation sites (tertiary alicyclic amines) is 1. The van der Waals surface area contributed by atoms with Crippen molar-refractivity contribution in [3.63, 3.8) is 0 Å². The van der Waals surface area contributed by atoms with Crippen molar-refractivity contribution in [2.45, 2.75) is 31.4 Å². The lowest BCUT2D eigenvalue weighted by Crippen LogP contribution is -2.48. The van der Waals surface area contributed by atoms with Crippen LogP contribution in [0, 0.1) is 0 Å². The minimum absolute atomic E-state index is 0.0658. The molecule has 2 aromatic carbocycles. The van der Waals surface area contributed by atoms with Crippen LogP contribution in [0.4, 0.5) is 0 Å². The van der Waals surface area contributed by atoms with Crippen LogP contribution in [-0.4, -0.2) is 42.7 Å². The Morgan fingerprint density at radius 2 is 1.58 bits per heavy atom. The summed E-state index contributed by atoms with van der Waals surface area (Å²) in [7, 11) is 3.21. The van der Waals surface area contributed by atoms with Crippen LogP contribution in [0.2, 0.25) is 0 Å². The van der Waals surface area contributed by atoms with Crippen LogP contribution in [0.25, 0.3) is 0 Å². The van der Waals surface area contributed by atoms with Crippen LogP contribution in [-0.2, 0) is 5.60 Å². The molecule has 0 saturated carbocycles. The molecule has 1 N–H and O–H groups in total. The zero-order valence-corrected chi connectivity index (χ0v) is 15.4. The van der Waals surface area contributed by atoms with Crippen LogP contribution < -0.4 is 9.47 Å². The second kappa shape index (κ2) is 7.38. The summed E-state index contributed by atoms with van der Waals surface area (Å²) < 4.78 is 10.3. The Morgan fingerprint density at radius 1 is 1.04 bits per heavy atom. The molecule has 26 heavy (non-hydrogen) atoms. The minimum Gasteiger partial charge on any atom is -0.497 e. The third kappa shape index (κ3) is 3.40. The quantitative estimate of drug-likeness (QED) is 0.895. The van der Waals surface area contributed by atoms with Gasteiger partial charge in [-0.15, -0.1) is 0 Å². The van der Waals surface area contributed by atoms with Crippen molar-refractivity contribution >= 4 is 5.91 Å². The largest absolute Gasteiger partial charge is 0.497 e. The molecule has 3 rings (SSSR count). The first kappa shape index (κ1) is 18.3. The molecule has 0 unspecified atom stereocenters. The number of methoxy groups -OCH3 is 2. The van der Waals surface area contributed by atoms with Gasteiger partial charge in [-0.1, -0.05) is 12.1 Å². The van der Waals surface area contributed by atoms with Gasteiger partial charge in [-0.2, -0.15) is 0 Å². The van der Waals surface area contributed by atoms with E-state index in [0.29, 0.717) is 17.9 Å². The molecule has 1 heterocycles. The van der Waals surface area contributed by atoms with Gasteiger partial charge in [0.05, 0.1) is 20.3 Å². The molecule has 1 fully saturated rings. The molecule has 2 aromatic rings. The van der Waals surface area contributed by atoms with Gasteiger partial charge in [0.1, 0.15) is 17.1 Å². The van der Waals surface area contributed by atoms with E-state index in [0.717, 1.165) is 24.2 Å². The lowest BCUT2D eigenvalue weighted by molar-refractivity contribution is -0.0177. The number of hydrogen-bond donors (Lipinski definition) is 1. The van der Waals surface area contributed by atoms with E-state index in [1.165, 1.54) is 0 Å². The first-order chi connectivity index (χ1) is 12.5. The highest BCUT2D eigenvalue weighted by Crippen LogP contribution is 2.36. The fraction of sp³-hybridized carbons (Fsp3) is 0.381. The van der Waals surface area contributed by atoms with Crippen molar-refractivity contribution in [1.29, 1.82) is 0 Å². The van der Waals surface area contributed by atoms with Gasteiger partial charge in [0.2, 0.25) is 0 Å². The van der Waals surface area contributed by atoms with Gasteiger partial charge >= 0.3 is 0 Å². The van der Waals surface area contributed by atoms with Gasteiger partial charge in [-0.3, -0.25) is 4.79 Å². The molecule has 0 bridgehead atoms. The topological polar surface area (TPSA) is 59.0 Å². The number of carbonyl (C=O) groups excluding carboxylic acids is 1. The monoisotopic (exact) mass is 355 g/mol. The maximum Gasteiger partial charge on any atom is 0.254 e. The Hall–Kier alpha value is -2.53. The molecule has 0 aliphatic carbocycles. The molecule has 5 heteroatoms.